The first kappa shape index (κ1) is 13.3. The molecule has 2 aliphatic heterocycles. The fraction of sp³-hybridized carbons (Fsp3) is 1.00. The average molecular weight is 239 g/mol. The molecule has 2 saturated heterocycles. The Morgan fingerprint density at radius 1 is 1.24 bits per heavy atom. The van der Waals surface area contributed by atoms with Gasteiger partial charge in [0.15, 0.2) is 0 Å². The highest BCUT2D eigenvalue weighted by molar-refractivity contribution is 4.88. The van der Waals surface area contributed by atoms with Gasteiger partial charge < -0.3 is 5.32 Å². The van der Waals surface area contributed by atoms with E-state index in [4.69, 9.17) is 0 Å². The van der Waals surface area contributed by atoms with Crippen molar-refractivity contribution in [2.75, 3.05) is 45.8 Å². The summed E-state index contributed by atoms with van der Waals surface area (Å²) in [6.45, 7) is 15.6. The normalized spacial score (nSPS) is 27.4. The topological polar surface area (TPSA) is 18.5 Å². The monoisotopic (exact) mass is 239 g/mol. The van der Waals surface area contributed by atoms with Crippen molar-refractivity contribution in [1.29, 1.82) is 0 Å². The molecule has 1 N–H and O–H groups in total. The summed E-state index contributed by atoms with van der Waals surface area (Å²) >= 11 is 0. The van der Waals surface area contributed by atoms with E-state index < -0.39 is 0 Å². The maximum atomic E-state index is 3.49. The summed E-state index contributed by atoms with van der Waals surface area (Å²) < 4.78 is 0. The molecule has 2 heterocycles. The van der Waals surface area contributed by atoms with Crippen molar-refractivity contribution in [3.63, 3.8) is 0 Å². The highest BCUT2D eigenvalue weighted by Crippen LogP contribution is 2.24. The number of hydrogen-bond acceptors (Lipinski definition) is 3. The van der Waals surface area contributed by atoms with E-state index in [0.29, 0.717) is 5.41 Å². The Morgan fingerprint density at radius 3 is 2.82 bits per heavy atom. The van der Waals surface area contributed by atoms with Crippen LogP contribution in [0.4, 0.5) is 0 Å². The van der Waals surface area contributed by atoms with Gasteiger partial charge in [-0.2, -0.15) is 0 Å². The van der Waals surface area contributed by atoms with Crippen molar-refractivity contribution in [3.05, 3.63) is 0 Å². The van der Waals surface area contributed by atoms with Crippen LogP contribution in [-0.2, 0) is 0 Å². The van der Waals surface area contributed by atoms with Crippen LogP contribution >= 0.6 is 0 Å². The molecule has 3 heteroatoms. The first-order valence-corrected chi connectivity index (χ1v) is 7.28. The second-order valence-electron chi connectivity index (χ2n) is 6.51. The molecule has 3 nitrogen and oxygen atoms in total. The number of nitrogens with zero attached hydrogens (tertiary/aromatic N) is 2. The lowest BCUT2D eigenvalue weighted by Gasteiger charge is -2.41. The third-order valence-electron chi connectivity index (χ3n) is 4.18. The lowest BCUT2D eigenvalue weighted by Crippen LogP contribution is -2.53. The number of fused-ring (bicyclic) bond motifs is 1. The van der Waals surface area contributed by atoms with Gasteiger partial charge in [-0.25, -0.2) is 0 Å². The van der Waals surface area contributed by atoms with E-state index in [1.54, 1.807) is 0 Å². The van der Waals surface area contributed by atoms with Gasteiger partial charge in [-0.05, 0) is 31.3 Å². The SMILES string of the molecule is CCNCC(C)(C)CN1CCN2CCCC2C1. The average Bonchev–Trinajstić information content (AvgIpc) is 2.73. The van der Waals surface area contributed by atoms with E-state index in [0.717, 1.165) is 19.1 Å². The minimum Gasteiger partial charge on any atom is -0.316 e. The van der Waals surface area contributed by atoms with Crippen LogP contribution in [0.2, 0.25) is 0 Å². The van der Waals surface area contributed by atoms with Crippen molar-refractivity contribution >= 4 is 0 Å². The summed E-state index contributed by atoms with van der Waals surface area (Å²) in [5.41, 5.74) is 0.400. The molecule has 17 heavy (non-hydrogen) atoms. The van der Waals surface area contributed by atoms with Crippen LogP contribution in [0.15, 0.2) is 0 Å². The largest absolute Gasteiger partial charge is 0.316 e. The van der Waals surface area contributed by atoms with Gasteiger partial charge in [0, 0.05) is 38.8 Å². The third kappa shape index (κ3) is 3.67. The second-order valence-corrected chi connectivity index (χ2v) is 6.51. The summed E-state index contributed by atoms with van der Waals surface area (Å²) in [4.78, 5) is 5.37. The van der Waals surface area contributed by atoms with Gasteiger partial charge in [-0.1, -0.05) is 20.8 Å². The summed E-state index contributed by atoms with van der Waals surface area (Å²) in [6.07, 6.45) is 2.84. The first-order chi connectivity index (χ1) is 8.11. The van der Waals surface area contributed by atoms with Gasteiger partial charge in [0.05, 0.1) is 0 Å². The predicted octanol–water partition coefficient (Wildman–Crippen LogP) is 1.40. The Bertz CT molecular complexity index is 240. The zero-order valence-corrected chi connectivity index (χ0v) is 11.8. The molecule has 0 bridgehead atoms. The van der Waals surface area contributed by atoms with Crippen molar-refractivity contribution in [2.45, 2.75) is 39.7 Å². The summed E-state index contributed by atoms with van der Waals surface area (Å²) in [6, 6.07) is 0.860. The fourth-order valence-electron chi connectivity index (χ4n) is 3.32. The molecule has 2 rings (SSSR count). The Labute approximate surface area is 107 Å². The minimum absolute atomic E-state index is 0.400. The Balaban J connectivity index is 1.79. The highest BCUT2D eigenvalue weighted by atomic mass is 15.3. The Hall–Kier alpha value is -0.120. The maximum absolute atomic E-state index is 3.49. The highest BCUT2D eigenvalue weighted by Gasteiger charge is 2.32. The molecular formula is C14H29N3. The van der Waals surface area contributed by atoms with Crippen molar-refractivity contribution < 1.29 is 0 Å². The number of nitrogens with one attached hydrogen (secondary N) is 1. The maximum Gasteiger partial charge on any atom is 0.0224 e. The quantitative estimate of drug-likeness (QED) is 0.782. The van der Waals surface area contributed by atoms with Crippen molar-refractivity contribution in [1.82, 2.24) is 15.1 Å². The van der Waals surface area contributed by atoms with Crippen LogP contribution in [-0.4, -0.2) is 61.7 Å². The van der Waals surface area contributed by atoms with E-state index >= 15 is 0 Å². The number of rotatable bonds is 5. The van der Waals surface area contributed by atoms with Crippen LogP contribution in [0.3, 0.4) is 0 Å². The van der Waals surface area contributed by atoms with Gasteiger partial charge in [0.25, 0.3) is 0 Å². The van der Waals surface area contributed by atoms with Crippen molar-refractivity contribution in [3.8, 4) is 0 Å². The molecule has 0 saturated carbocycles. The molecule has 0 aromatic rings. The molecule has 0 aromatic heterocycles. The van der Waals surface area contributed by atoms with E-state index in [2.05, 4.69) is 35.9 Å². The summed E-state index contributed by atoms with van der Waals surface area (Å²) in [5.74, 6) is 0. The fourth-order valence-corrected chi connectivity index (χ4v) is 3.32. The van der Waals surface area contributed by atoms with E-state index in [-0.39, 0.29) is 0 Å². The molecular weight excluding hydrogens is 210 g/mol. The zero-order chi connectivity index (χ0) is 12.3. The molecule has 0 radical (unpaired) electrons. The number of hydrogen-bond donors (Lipinski definition) is 1. The Kier molecular flexibility index (Phi) is 4.45. The lowest BCUT2D eigenvalue weighted by atomic mass is 9.92. The van der Waals surface area contributed by atoms with Crippen LogP contribution < -0.4 is 5.32 Å². The van der Waals surface area contributed by atoms with Crippen LogP contribution in [0.5, 0.6) is 0 Å². The standard InChI is InChI=1S/C14H29N3/c1-4-15-11-14(2,3)12-16-8-9-17-7-5-6-13(17)10-16/h13,15H,4-12H2,1-3H3. The predicted molar refractivity (Wildman–Crippen MR) is 73.4 cm³/mol. The molecule has 0 aromatic carbocycles. The van der Waals surface area contributed by atoms with Crippen LogP contribution in [0, 0.1) is 5.41 Å². The molecule has 1 unspecified atom stereocenters. The second kappa shape index (κ2) is 5.68. The van der Waals surface area contributed by atoms with Crippen molar-refractivity contribution in [2.24, 2.45) is 5.41 Å². The summed E-state index contributed by atoms with van der Waals surface area (Å²) in [7, 11) is 0. The van der Waals surface area contributed by atoms with E-state index in [9.17, 15) is 0 Å². The minimum atomic E-state index is 0.400. The van der Waals surface area contributed by atoms with Gasteiger partial charge in [0.1, 0.15) is 0 Å². The molecule has 0 aliphatic carbocycles. The third-order valence-corrected chi connectivity index (χ3v) is 4.18. The van der Waals surface area contributed by atoms with Gasteiger partial charge >= 0.3 is 0 Å². The zero-order valence-electron chi connectivity index (χ0n) is 11.8. The van der Waals surface area contributed by atoms with E-state index in [1.807, 2.05) is 0 Å². The molecule has 2 fully saturated rings. The van der Waals surface area contributed by atoms with Gasteiger partial charge in [0.2, 0.25) is 0 Å². The lowest BCUT2D eigenvalue weighted by molar-refractivity contribution is 0.0744. The van der Waals surface area contributed by atoms with Gasteiger partial charge in [-0.15, -0.1) is 0 Å². The summed E-state index contributed by atoms with van der Waals surface area (Å²) in [5, 5.41) is 3.49. The van der Waals surface area contributed by atoms with E-state index in [1.165, 1.54) is 45.6 Å². The molecule has 1 atom stereocenters. The van der Waals surface area contributed by atoms with Crippen LogP contribution in [0.25, 0.3) is 0 Å². The number of piperazine rings is 1. The molecule has 0 amide bonds. The molecule has 100 valence electrons. The van der Waals surface area contributed by atoms with Gasteiger partial charge in [-0.3, -0.25) is 9.80 Å². The Morgan fingerprint density at radius 2 is 2.06 bits per heavy atom. The van der Waals surface area contributed by atoms with Crippen LogP contribution in [0.1, 0.15) is 33.6 Å². The molecule has 2 aliphatic rings. The smallest absolute Gasteiger partial charge is 0.0224 e. The first-order valence-electron chi connectivity index (χ1n) is 7.28. The molecule has 0 spiro atoms.